The fourth-order valence-electron chi connectivity index (χ4n) is 3.17. The van der Waals surface area contributed by atoms with Gasteiger partial charge in [0.15, 0.2) is 0 Å². The van der Waals surface area contributed by atoms with Crippen molar-refractivity contribution in [3.05, 3.63) is 0 Å². The monoisotopic (exact) mass is 343 g/mol. The number of carbonyl (C=O) groups excluding carboxylic acids is 1. The van der Waals surface area contributed by atoms with E-state index in [1.807, 2.05) is 20.8 Å². The summed E-state index contributed by atoms with van der Waals surface area (Å²) < 4.78 is 5.33. The average Bonchev–Trinajstić information content (AvgIpc) is 2.48. The van der Waals surface area contributed by atoms with Crippen molar-refractivity contribution >= 4 is 17.9 Å². The van der Waals surface area contributed by atoms with Crippen LogP contribution in [0.4, 0.5) is 4.79 Å². The molecule has 1 saturated carbocycles. The molecule has 5 nitrogen and oxygen atoms in total. The summed E-state index contributed by atoms with van der Waals surface area (Å²) in [6.45, 7) is 10.4. The lowest BCUT2D eigenvalue weighted by Crippen LogP contribution is -2.45. The average molecular weight is 344 g/mol. The van der Waals surface area contributed by atoms with Crippen LogP contribution in [0.25, 0.3) is 0 Å². The first-order valence-electron chi connectivity index (χ1n) is 8.95. The molecule has 2 rings (SSSR count). The Hall–Kier alpha value is -0.460. The van der Waals surface area contributed by atoms with Crippen molar-refractivity contribution in [2.75, 3.05) is 37.7 Å². The number of hydrogen-bond donors (Lipinski definition) is 2. The number of alkyl carbamates (subject to hydrolysis) is 1. The van der Waals surface area contributed by atoms with Crippen molar-refractivity contribution in [1.29, 1.82) is 0 Å². The molecule has 0 atom stereocenters. The summed E-state index contributed by atoms with van der Waals surface area (Å²) in [4.78, 5) is 14.4. The van der Waals surface area contributed by atoms with E-state index in [9.17, 15) is 4.79 Å². The Morgan fingerprint density at radius 3 is 2.35 bits per heavy atom. The second kappa shape index (κ2) is 9.14. The Morgan fingerprint density at radius 1 is 1.13 bits per heavy atom. The molecular weight excluding hydrogens is 310 g/mol. The van der Waals surface area contributed by atoms with Gasteiger partial charge >= 0.3 is 6.09 Å². The topological polar surface area (TPSA) is 53.6 Å². The molecule has 0 aromatic carbocycles. The van der Waals surface area contributed by atoms with E-state index in [1.54, 1.807) is 0 Å². The van der Waals surface area contributed by atoms with Gasteiger partial charge in [-0.15, -0.1) is 0 Å². The summed E-state index contributed by atoms with van der Waals surface area (Å²) in [5.41, 5.74) is -0.421. The van der Waals surface area contributed by atoms with E-state index in [0.29, 0.717) is 6.04 Å². The summed E-state index contributed by atoms with van der Waals surface area (Å²) in [6, 6.07) is 0.868. The highest BCUT2D eigenvalue weighted by atomic mass is 32.2. The number of nitrogens with one attached hydrogen (secondary N) is 2. The second-order valence-electron chi connectivity index (χ2n) is 7.60. The maximum atomic E-state index is 11.8. The van der Waals surface area contributed by atoms with Gasteiger partial charge in [-0.3, -0.25) is 0 Å². The van der Waals surface area contributed by atoms with Gasteiger partial charge in [-0.05, 0) is 46.5 Å². The van der Waals surface area contributed by atoms with Crippen LogP contribution in [0.3, 0.4) is 0 Å². The van der Waals surface area contributed by atoms with E-state index in [0.717, 1.165) is 38.8 Å². The molecule has 2 aliphatic rings. The predicted molar refractivity (Wildman–Crippen MR) is 97.2 cm³/mol. The SMILES string of the molecule is CC(C)(C)OC(=O)NC1CCC(NCCN2CCSCC2)CC1. The zero-order valence-corrected chi connectivity index (χ0v) is 15.7. The van der Waals surface area contributed by atoms with Crippen LogP contribution >= 0.6 is 11.8 Å². The second-order valence-corrected chi connectivity index (χ2v) is 8.83. The zero-order valence-electron chi connectivity index (χ0n) is 14.9. The number of nitrogens with zero attached hydrogens (tertiary/aromatic N) is 1. The highest BCUT2D eigenvalue weighted by Gasteiger charge is 2.24. The molecule has 1 saturated heterocycles. The Labute approximate surface area is 145 Å². The van der Waals surface area contributed by atoms with Crippen LogP contribution in [0.2, 0.25) is 0 Å². The van der Waals surface area contributed by atoms with Crippen molar-refractivity contribution < 1.29 is 9.53 Å². The van der Waals surface area contributed by atoms with Crippen molar-refractivity contribution in [2.45, 2.75) is 64.1 Å². The fraction of sp³-hybridized carbons (Fsp3) is 0.941. The highest BCUT2D eigenvalue weighted by Crippen LogP contribution is 2.19. The molecule has 0 spiro atoms. The molecular formula is C17H33N3O2S. The minimum absolute atomic E-state index is 0.266. The molecule has 0 aromatic heterocycles. The summed E-state index contributed by atoms with van der Waals surface area (Å²) in [5, 5.41) is 6.69. The molecule has 1 aliphatic heterocycles. The third-order valence-electron chi connectivity index (χ3n) is 4.41. The molecule has 1 heterocycles. The van der Waals surface area contributed by atoms with E-state index in [-0.39, 0.29) is 12.1 Å². The van der Waals surface area contributed by atoms with Crippen LogP contribution in [0.15, 0.2) is 0 Å². The van der Waals surface area contributed by atoms with Gasteiger partial charge < -0.3 is 20.3 Å². The Morgan fingerprint density at radius 2 is 1.74 bits per heavy atom. The number of thioether (sulfide) groups is 1. The molecule has 2 fully saturated rings. The maximum absolute atomic E-state index is 11.8. The van der Waals surface area contributed by atoms with E-state index in [1.165, 1.54) is 24.6 Å². The van der Waals surface area contributed by atoms with Gasteiger partial charge in [0.05, 0.1) is 0 Å². The standard InChI is InChI=1S/C17H33N3O2S/c1-17(2,3)22-16(21)19-15-6-4-14(5-7-15)18-8-9-20-10-12-23-13-11-20/h14-15,18H,4-13H2,1-3H3,(H,19,21). The van der Waals surface area contributed by atoms with Crippen molar-refractivity contribution in [3.63, 3.8) is 0 Å². The van der Waals surface area contributed by atoms with Gasteiger partial charge in [0.2, 0.25) is 0 Å². The maximum Gasteiger partial charge on any atom is 0.407 e. The largest absolute Gasteiger partial charge is 0.444 e. The smallest absolute Gasteiger partial charge is 0.407 e. The van der Waals surface area contributed by atoms with Crippen LogP contribution in [-0.2, 0) is 4.74 Å². The van der Waals surface area contributed by atoms with Crippen LogP contribution in [0.1, 0.15) is 46.5 Å². The minimum atomic E-state index is -0.421. The predicted octanol–water partition coefficient (Wildman–Crippen LogP) is 2.46. The molecule has 0 aromatic rings. The van der Waals surface area contributed by atoms with Gasteiger partial charge in [0, 0.05) is 49.8 Å². The number of carbonyl (C=O) groups is 1. The molecule has 0 radical (unpaired) electrons. The highest BCUT2D eigenvalue weighted by molar-refractivity contribution is 7.99. The number of rotatable bonds is 5. The number of ether oxygens (including phenoxy) is 1. The third kappa shape index (κ3) is 7.77. The Balaban J connectivity index is 1.55. The van der Waals surface area contributed by atoms with Crippen LogP contribution in [0.5, 0.6) is 0 Å². The quantitative estimate of drug-likeness (QED) is 0.803. The molecule has 2 N–H and O–H groups in total. The first kappa shape index (κ1) is 18.9. The van der Waals surface area contributed by atoms with Gasteiger partial charge in [-0.1, -0.05) is 0 Å². The Bertz CT molecular complexity index is 359. The first-order chi connectivity index (χ1) is 10.9. The van der Waals surface area contributed by atoms with Crippen LogP contribution < -0.4 is 10.6 Å². The summed E-state index contributed by atoms with van der Waals surface area (Å²) in [5.74, 6) is 2.56. The molecule has 0 unspecified atom stereocenters. The zero-order chi connectivity index (χ0) is 16.7. The lowest BCUT2D eigenvalue weighted by Gasteiger charge is -2.32. The van der Waals surface area contributed by atoms with Crippen molar-refractivity contribution in [2.24, 2.45) is 0 Å². The summed E-state index contributed by atoms with van der Waals surface area (Å²) >= 11 is 2.06. The molecule has 134 valence electrons. The van der Waals surface area contributed by atoms with Crippen LogP contribution in [-0.4, -0.2) is 66.4 Å². The first-order valence-corrected chi connectivity index (χ1v) is 10.1. The van der Waals surface area contributed by atoms with Gasteiger partial charge in [-0.2, -0.15) is 11.8 Å². The Kier molecular flexibility index (Phi) is 7.50. The van der Waals surface area contributed by atoms with E-state index >= 15 is 0 Å². The summed E-state index contributed by atoms with van der Waals surface area (Å²) in [6.07, 6.45) is 4.07. The molecule has 0 bridgehead atoms. The fourth-order valence-corrected chi connectivity index (χ4v) is 4.15. The van der Waals surface area contributed by atoms with Crippen molar-refractivity contribution in [3.8, 4) is 0 Å². The molecule has 23 heavy (non-hydrogen) atoms. The van der Waals surface area contributed by atoms with E-state index < -0.39 is 5.60 Å². The van der Waals surface area contributed by atoms with Crippen LogP contribution in [0, 0.1) is 0 Å². The van der Waals surface area contributed by atoms with E-state index in [4.69, 9.17) is 4.74 Å². The third-order valence-corrected chi connectivity index (χ3v) is 5.36. The number of hydrogen-bond acceptors (Lipinski definition) is 5. The van der Waals surface area contributed by atoms with Gasteiger partial charge in [-0.25, -0.2) is 4.79 Å². The normalized spacial score (nSPS) is 26.7. The number of amides is 1. The van der Waals surface area contributed by atoms with Gasteiger partial charge in [0.1, 0.15) is 5.60 Å². The lowest BCUT2D eigenvalue weighted by atomic mass is 9.91. The lowest BCUT2D eigenvalue weighted by molar-refractivity contribution is 0.0489. The molecule has 1 amide bonds. The van der Waals surface area contributed by atoms with Gasteiger partial charge in [0.25, 0.3) is 0 Å². The van der Waals surface area contributed by atoms with E-state index in [2.05, 4.69) is 27.3 Å². The molecule has 1 aliphatic carbocycles. The minimum Gasteiger partial charge on any atom is -0.444 e. The van der Waals surface area contributed by atoms with Crippen molar-refractivity contribution in [1.82, 2.24) is 15.5 Å². The molecule has 6 heteroatoms. The summed E-state index contributed by atoms with van der Waals surface area (Å²) in [7, 11) is 0.